The molecule has 0 aliphatic carbocycles. The molecule has 0 aliphatic heterocycles. The van der Waals surface area contributed by atoms with Crippen LogP contribution >= 0.6 is 0 Å². The Kier molecular flexibility index (Phi) is 4.76. The molecule has 3 heteroatoms. The predicted octanol–water partition coefficient (Wildman–Crippen LogP) is 3.51. The van der Waals surface area contributed by atoms with Gasteiger partial charge in [0.15, 0.2) is 0 Å². The van der Waals surface area contributed by atoms with E-state index in [0.717, 1.165) is 16.7 Å². The van der Waals surface area contributed by atoms with E-state index < -0.39 is 5.60 Å². The molecule has 110 valence electrons. The van der Waals surface area contributed by atoms with Crippen molar-refractivity contribution in [3.8, 4) is 11.1 Å². The highest BCUT2D eigenvalue weighted by atomic mass is 16.6. The van der Waals surface area contributed by atoms with E-state index in [1.165, 1.54) is 6.92 Å². The van der Waals surface area contributed by atoms with Gasteiger partial charge >= 0.3 is 5.97 Å². The Morgan fingerprint density at radius 2 is 1.71 bits per heavy atom. The van der Waals surface area contributed by atoms with Gasteiger partial charge in [-0.2, -0.15) is 0 Å². The van der Waals surface area contributed by atoms with E-state index in [9.17, 15) is 9.90 Å². The minimum absolute atomic E-state index is 0.0487. The molecule has 2 aromatic carbocycles. The van der Waals surface area contributed by atoms with E-state index in [2.05, 4.69) is 0 Å². The van der Waals surface area contributed by atoms with Crippen molar-refractivity contribution in [1.82, 2.24) is 0 Å². The van der Waals surface area contributed by atoms with Crippen LogP contribution in [0.3, 0.4) is 0 Å². The summed E-state index contributed by atoms with van der Waals surface area (Å²) in [4.78, 5) is 11.5. The van der Waals surface area contributed by atoms with E-state index in [-0.39, 0.29) is 12.6 Å². The maximum absolute atomic E-state index is 11.5. The average molecular weight is 284 g/mol. The third-order valence-electron chi connectivity index (χ3n) is 3.54. The zero-order valence-corrected chi connectivity index (χ0v) is 12.4. The number of hydrogen-bond acceptors (Lipinski definition) is 3. The lowest BCUT2D eigenvalue weighted by atomic mass is 9.86. The molecule has 0 spiro atoms. The number of hydrogen-bond donors (Lipinski definition) is 1. The second kappa shape index (κ2) is 6.55. The Morgan fingerprint density at radius 3 is 2.33 bits per heavy atom. The minimum Gasteiger partial charge on any atom is -0.455 e. The molecule has 0 saturated carbocycles. The first kappa shape index (κ1) is 15.3. The number of carbonyl (C=O) groups is 1. The fourth-order valence-corrected chi connectivity index (χ4v) is 2.58. The van der Waals surface area contributed by atoms with E-state index in [4.69, 9.17) is 4.74 Å². The van der Waals surface area contributed by atoms with Crippen molar-refractivity contribution in [2.45, 2.75) is 25.9 Å². The SMILES string of the molecule is CC(=O)OC(C)(CCO)c1ccccc1-c1ccccc1. The molecule has 2 rings (SSSR count). The molecule has 0 radical (unpaired) electrons. The zero-order valence-electron chi connectivity index (χ0n) is 12.4. The number of aliphatic hydroxyl groups excluding tert-OH is 1. The van der Waals surface area contributed by atoms with Crippen LogP contribution in [0.5, 0.6) is 0 Å². The van der Waals surface area contributed by atoms with Crippen LogP contribution in [0.1, 0.15) is 25.8 Å². The first-order chi connectivity index (χ1) is 10.1. The Balaban J connectivity index is 2.54. The van der Waals surface area contributed by atoms with Crippen LogP contribution in [0.4, 0.5) is 0 Å². The highest BCUT2D eigenvalue weighted by Gasteiger charge is 2.31. The lowest BCUT2D eigenvalue weighted by molar-refractivity contribution is -0.157. The van der Waals surface area contributed by atoms with Crippen LogP contribution in [0.2, 0.25) is 0 Å². The topological polar surface area (TPSA) is 46.5 Å². The van der Waals surface area contributed by atoms with Crippen LogP contribution in [-0.4, -0.2) is 17.7 Å². The molecule has 0 saturated heterocycles. The Labute approximate surface area is 125 Å². The van der Waals surface area contributed by atoms with Gasteiger partial charge in [-0.05, 0) is 18.1 Å². The normalized spacial score (nSPS) is 13.5. The van der Waals surface area contributed by atoms with Crippen molar-refractivity contribution in [3.63, 3.8) is 0 Å². The van der Waals surface area contributed by atoms with E-state index >= 15 is 0 Å². The minimum atomic E-state index is -0.840. The second-order valence-electron chi connectivity index (χ2n) is 5.21. The molecular weight excluding hydrogens is 264 g/mol. The van der Waals surface area contributed by atoms with Gasteiger partial charge in [0.05, 0.1) is 0 Å². The van der Waals surface area contributed by atoms with Crippen LogP contribution < -0.4 is 0 Å². The molecular formula is C18H20O3. The summed E-state index contributed by atoms with van der Waals surface area (Å²) in [5.41, 5.74) is 2.13. The van der Waals surface area contributed by atoms with Crippen LogP contribution in [0, 0.1) is 0 Å². The maximum Gasteiger partial charge on any atom is 0.303 e. The second-order valence-corrected chi connectivity index (χ2v) is 5.21. The van der Waals surface area contributed by atoms with Gasteiger partial charge in [0.25, 0.3) is 0 Å². The first-order valence-electron chi connectivity index (χ1n) is 7.02. The van der Waals surface area contributed by atoms with Crippen LogP contribution in [0.15, 0.2) is 54.6 Å². The summed E-state index contributed by atoms with van der Waals surface area (Å²) < 4.78 is 5.53. The third kappa shape index (κ3) is 3.50. The van der Waals surface area contributed by atoms with Crippen LogP contribution in [-0.2, 0) is 15.1 Å². The molecule has 0 bridgehead atoms. The number of aliphatic hydroxyl groups is 1. The Morgan fingerprint density at radius 1 is 1.10 bits per heavy atom. The quantitative estimate of drug-likeness (QED) is 0.855. The summed E-state index contributed by atoms with van der Waals surface area (Å²) in [6.45, 7) is 3.18. The summed E-state index contributed by atoms with van der Waals surface area (Å²) in [6, 6.07) is 17.8. The monoisotopic (exact) mass is 284 g/mol. The maximum atomic E-state index is 11.5. The summed E-state index contributed by atoms with van der Waals surface area (Å²) in [6.07, 6.45) is 0.358. The first-order valence-corrected chi connectivity index (χ1v) is 7.02. The van der Waals surface area contributed by atoms with E-state index in [1.54, 1.807) is 0 Å². The van der Waals surface area contributed by atoms with E-state index in [0.29, 0.717) is 6.42 Å². The highest BCUT2D eigenvalue weighted by molar-refractivity contribution is 5.71. The van der Waals surface area contributed by atoms with Gasteiger partial charge in [-0.1, -0.05) is 54.6 Å². The number of esters is 1. The molecule has 0 fully saturated rings. The summed E-state index contributed by atoms with van der Waals surface area (Å²) in [5.74, 6) is -0.353. The van der Waals surface area contributed by atoms with Gasteiger partial charge in [-0.3, -0.25) is 4.79 Å². The summed E-state index contributed by atoms with van der Waals surface area (Å²) in [5, 5.41) is 9.35. The molecule has 1 atom stereocenters. The Hall–Kier alpha value is -2.13. The smallest absolute Gasteiger partial charge is 0.303 e. The largest absolute Gasteiger partial charge is 0.455 e. The van der Waals surface area contributed by atoms with Crippen molar-refractivity contribution < 1.29 is 14.6 Å². The molecule has 1 unspecified atom stereocenters. The summed E-state index contributed by atoms with van der Waals surface area (Å²) >= 11 is 0. The van der Waals surface area contributed by atoms with Crippen molar-refractivity contribution in [2.24, 2.45) is 0 Å². The molecule has 0 aromatic heterocycles. The highest BCUT2D eigenvalue weighted by Crippen LogP contribution is 2.36. The summed E-state index contributed by atoms with van der Waals surface area (Å²) in [7, 11) is 0. The fourth-order valence-electron chi connectivity index (χ4n) is 2.58. The molecule has 3 nitrogen and oxygen atoms in total. The third-order valence-corrected chi connectivity index (χ3v) is 3.54. The zero-order chi connectivity index (χ0) is 15.3. The standard InChI is InChI=1S/C18H20O3/c1-14(20)21-18(2,12-13-19)17-11-7-6-10-16(17)15-8-4-3-5-9-15/h3-11,19H,12-13H2,1-2H3. The van der Waals surface area contributed by atoms with Gasteiger partial charge in [0.2, 0.25) is 0 Å². The van der Waals surface area contributed by atoms with Gasteiger partial charge < -0.3 is 9.84 Å². The van der Waals surface area contributed by atoms with Gasteiger partial charge in [-0.15, -0.1) is 0 Å². The molecule has 0 amide bonds. The van der Waals surface area contributed by atoms with Crippen molar-refractivity contribution >= 4 is 5.97 Å². The number of benzene rings is 2. The average Bonchev–Trinajstić information content (AvgIpc) is 2.47. The molecule has 21 heavy (non-hydrogen) atoms. The molecule has 0 aliphatic rings. The van der Waals surface area contributed by atoms with E-state index in [1.807, 2.05) is 61.5 Å². The van der Waals surface area contributed by atoms with Crippen molar-refractivity contribution in [3.05, 3.63) is 60.2 Å². The molecule has 1 N–H and O–H groups in total. The lowest BCUT2D eigenvalue weighted by Gasteiger charge is -2.31. The lowest BCUT2D eigenvalue weighted by Crippen LogP contribution is -2.30. The van der Waals surface area contributed by atoms with Crippen molar-refractivity contribution in [1.29, 1.82) is 0 Å². The molecule has 2 aromatic rings. The predicted molar refractivity (Wildman–Crippen MR) is 82.7 cm³/mol. The Bertz CT molecular complexity index is 607. The number of rotatable bonds is 5. The van der Waals surface area contributed by atoms with Crippen molar-refractivity contribution in [2.75, 3.05) is 6.61 Å². The molecule has 0 heterocycles. The van der Waals surface area contributed by atoms with Gasteiger partial charge in [0.1, 0.15) is 5.60 Å². The fraction of sp³-hybridized carbons (Fsp3) is 0.278. The number of carbonyl (C=O) groups excluding carboxylic acids is 1. The van der Waals surface area contributed by atoms with Gasteiger partial charge in [0, 0.05) is 25.5 Å². The van der Waals surface area contributed by atoms with Gasteiger partial charge in [-0.25, -0.2) is 0 Å². The van der Waals surface area contributed by atoms with Crippen LogP contribution in [0.25, 0.3) is 11.1 Å². The number of ether oxygens (including phenoxy) is 1.